The minimum Gasteiger partial charge on any atom is -0.497 e. The van der Waals surface area contributed by atoms with Crippen LogP contribution in [0.5, 0.6) is 11.5 Å². The predicted octanol–water partition coefficient (Wildman–Crippen LogP) is 3.97. The maximum atomic E-state index is 12.6. The van der Waals surface area contributed by atoms with E-state index in [1.54, 1.807) is 13.2 Å². The number of methoxy groups -OCH3 is 1. The molecule has 6 nitrogen and oxygen atoms in total. The van der Waals surface area contributed by atoms with Crippen LogP contribution in [0.3, 0.4) is 0 Å². The molecule has 162 valence electrons. The summed E-state index contributed by atoms with van der Waals surface area (Å²) >= 11 is 0.992. The van der Waals surface area contributed by atoms with Gasteiger partial charge in [-0.2, -0.15) is 13.2 Å². The second-order valence-electron chi connectivity index (χ2n) is 5.59. The normalized spacial score (nSPS) is 11.6. The number of aromatic nitrogens is 1. The number of hydrogen-bond donors (Lipinski definition) is 2. The van der Waals surface area contributed by atoms with E-state index in [0.29, 0.717) is 49.4 Å². The van der Waals surface area contributed by atoms with Gasteiger partial charge in [-0.15, -0.1) is 35.3 Å². The van der Waals surface area contributed by atoms with Crippen molar-refractivity contribution < 1.29 is 22.6 Å². The Hall–Kier alpha value is -1.76. The fourth-order valence-electron chi connectivity index (χ4n) is 2.19. The molecule has 29 heavy (non-hydrogen) atoms. The standard InChI is InChI=1S/C18H23F3N4O2S.HI/c1-3-22-17(23-8-7-16-25-15(12-28-16)18(19,20)21)24-9-10-27-14-6-4-5-13(11-14)26-2;/h4-6,11-12H,3,7-10H2,1-2H3,(H2,22,23,24);1H. The smallest absolute Gasteiger partial charge is 0.434 e. The number of benzene rings is 1. The van der Waals surface area contributed by atoms with E-state index < -0.39 is 11.9 Å². The van der Waals surface area contributed by atoms with Crippen molar-refractivity contribution in [2.75, 3.05) is 33.4 Å². The summed E-state index contributed by atoms with van der Waals surface area (Å²) < 4.78 is 48.5. The number of thiazole rings is 1. The van der Waals surface area contributed by atoms with Gasteiger partial charge in [0.15, 0.2) is 11.7 Å². The summed E-state index contributed by atoms with van der Waals surface area (Å²) in [4.78, 5) is 7.96. The molecule has 0 aliphatic carbocycles. The predicted molar refractivity (Wildman–Crippen MR) is 119 cm³/mol. The van der Waals surface area contributed by atoms with Crippen molar-refractivity contribution >= 4 is 41.3 Å². The maximum absolute atomic E-state index is 12.6. The molecule has 0 atom stereocenters. The average Bonchev–Trinajstić information content (AvgIpc) is 3.15. The van der Waals surface area contributed by atoms with Crippen LogP contribution in [0.25, 0.3) is 0 Å². The van der Waals surface area contributed by atoms with E-state index in [1.165, 1.54) is 0 Å². The van der Waals surface area contributed by atoms with Crippen molar-refractivity contribution in [2.24, 2.45) is 4.99 Å². The molecule has 0 amide bonds. The zero-order valence-corrected chi connectivity index (χ0v) is 19.2. The topological polar surface area (TPSA) is 67.8 Å². The van der Waals surface area contributed by atoms with Crippen LogP contribution in [0.4, 0.5) is 13.2 Å². The highest BCUT2D eigenvalue weighted by Crippen LogP contribution is 2.30. The van der Waals surface area contributed by atoms with E-state index in [0.717, 1.165) is 22.5 Å². The number of alkyl halides is 3. The van der Waals surface area contributed by atoms with Gasteiger partial charge in [-0.05, 0) is 19.1 Å². The minimum atomic E-state index is -4.41. The zero-order chi connectivity index (χ0) is 20.4. The molecule has 0 saturated carbocycles. The summed E-state index contributed by atoms with van der Waals surface area (Å²) in [5.41, 5.74) is -0.851. The molecule has 1 heterocycles. The second-order valence-corrected chi connectivity index (χ2v) is 6.53. The van der Waals surface area contributed by atoms with E-state index in [9.17, 15) is 13.2 Å². The van der Waals surface area contributed by atoms with Crippen LogP contribution < -0.4 is 20.1 Å². The first-order chi connectivity index (χ1) is 13.4. The number of hydrogen-bond acceptors (Lipinski definition) is 5. The largest absolute Gasteiger partial charge is 0.497 e. The Morgan fingerprint density at radius 2 is 2.00 bits per heavy atom. The highest BCUT2D eigenvalue weighted by atomic mass is 127. The molecule has 11 heteroatoms. The van der Waals surface area contributed by atoms with Gasteiger partial charge in [0.2, 0.25) is 0 Å². The molecule has 1 aromatic heterocycles. The van der Waals surface area contributed by atoms with Crippen molar-refractivity contribution in [3.05, 3.63) is 40.3 Å². The molecule has 0 fully saturated rings. The number of aliphatic imine (C=N–C) groups is 1. The first kappa shape index (κ1) is 25.3. The van der Waals surface area contributed by atoms with E-state index in [1.807, 2.05) is 25.1 Å². The Bertz CT molecular complexity index is 772. The summed E-state index contributed by atoms with van der Waals surface area (Å²) in [6.45, 7) is 3.85. The van der Waals surface area contributed by atoms with Crippen LogP contribution in [0.2, 0.25) is 0 Å². The Kier molecular flexibility index (Phi) is 11.1. The van der Waals surface area contributed by atoms with Crippen molar-refractivity contribution in [1.82, 2.24) is 15.6 Å². The molecule has 0 spiro atoms. The molecular weight excluding hydrogens is 520 g/mol. The van der Waals surface area contributed by atoms with Crippen molar-refractivity contribution in [2.45, 2.75) is 19.5 Å². The number of nitrogens with zero attached hydrogens (tertiary/aromatic N) is 2. The molecule has 0 saturated heterocycles. The van der Waals surface area contributed by atoms with Crippen molar-refractivity contribution in [1.29, 1.82) is 0 Å². The number of guanidine groups is 1. The Morgan fingerprint density at radius 1 is 1.24 bits per heavy atom. The SMILES string of the molecule is CCNC(=NCCc1nc(C(F)(F)F)cs1)NCCOc1cccc(OC)c1.I. The monoisotopic (exact) mass is 544 g/mol. The summed E-state index contributed by atoms with van der Waals surface area (Å²) in [6, 6.07) is 7.31. The summed E-state index contributed by atoms with van der Waals surface area (Å²) in [5.74, 6) is 1.99. The Morgan fingerprint density at radius 3 is 2.66 bits per heavy atom. The molecule has 2 N–H and O–H groups in total. The molecule has 0 unspecified atom stereocenters. The molecule has 1 aromatic carbocycles. The van der Waals surface area contributed by atoms with Crippen LogP contribution in [0.1, 0.15) is 17.6 Å². The highest BCUT2D eigenvalue weighted by Gasteiger charge is 2.33. The number of ether oxygens (including phenoxy) is 2. The molecule has 2 aromatic rings. The second kappa shape index (κ2) is 12.7. The lowest BCUT2D eigenvalue weighted by molar-refractivity contribution is -0.140. The van der Waals surface area contributed by atoms with Crippen LogP contribution in [-0.4, -0.2) is 44.3 Å². The lowest BCUT2D eigenvalue weighted by Crippen LogP contribution is -2.39. The van der Waals surface area contributed by atoms with Crippen LogP contribution in [0.15, 0.2) is 34.6 Å². The first-order valence-corrected chi connectivity index (χ1v) is 9.61. The number of rotatable bonds is 9. The molecular formula is C18H24F3IN4O2S. The maximum Gasteiger partial charge on any atom is 0.434 e. The molecule has 0 radical (unpaired) electrons. The fourth-order valence-corrected chi connectivity index (χ4v) is 2.98. The lowest BCUT2D eigenvalue weighted by atomic mass is 10.3. The molecule has 0 bridgehead atoms. The zero-order valence-electron chi connectivity index (χ0n) is 16.1. The summed E-state index contributed by atoms with van der Waals surface area (Å²) in [7, 11) is 1.59. The average molecular weight is 544 g/mol. The van der Waals surface area contributed by atoms with E-state index in [-0.39, 0.29) is 24.0 Å². The molecule has 0 aliphatic rings. The Balaban J connectivity index is 0.00000420. The third kappa shape index (κ3) is 9.07. The fraction of sp³-hybridized carbons (Fsp3) is 0.444. The number of nitrogens with one attached hydrogen (secondary N) is 2. The van der Waals surface area contributed by atoms with Crippen LogP contribution in [0, 0.1) is 0 Å². The van der Waals surface area contributed by atoms with E-state index >= 15 is 0 Å². The van der Waals surface area contributed by atoms with Gasteiger partial charge < -0.3 is 20.1 Å². The molecule has 0 aliphatic heterocycles. The Labute approximate surface area is 188 Å². The van der Waals surface area contributed by atoms with Gasteiger partial charge >= 0.3 is 6.18 Å². The van der Waals surface area contributed by atoms with Crippen molar-refractivity contribution in [3.8, 4) is 11.5 Å². The van der Waals surface area contributed by atoms with Gasteiger partial charge in [0.1, 0.15) is 18.1 Å². The van der Waals surface area contributed by atoms with E-state index in [2.05, 4.69) is 20.6 Å². The first-order valence-electron chi connectivity index (χ1n) is 8.73. The lowest BCUT2D eigenvalue weighted by Gasteiger charge is -2.12. The highest BCUT2D eigenvalue weighted by molar-refractivity contribution is 14.0. The van der Waals surface area contributed by atoms with Gasteiger partial charge in [0.05, 0.1) is 18.7 Å². The van der Waals surface area contributed by atoms with Gasteiger partial charge in [-0.25, -0.2) is 4.98 Å². The summed E-state index contributed by atoms with van der Waals surface area (Å²) in [6.07, 6.45) is -4.06. The third-order valence-corrected chi connectivity index (χ3v) is 4.40. The van der Waals surface area contributed by atoms with Gasteiger partial charge in [0.25, 0.3) is 0 Å². The van der Waals surface area contributed by atoms with Crippen LogP contribution in [-0.2, 0) is 12.6 Å². The number of halogens is 4. The van der Waals surface area contributed by atoms with Gasteiger partial charge in [-0.1, -0.05) is 6.07 Å². The van der Waals surface area contributed by atoms with E-state index in [4.69, 9.17) is 9.47 Å². The molecule has 2 rings (SSSR count). The van der Waals surface area contributed by atoms with Crippen LogP contribution >= 0.6 is 35.3 Å². The van der Waals surface area contributed by atoms with Gasteiger partial charge in [0, 0.05) is 31.0 Å². The third-order valence-electron chi connectivity index (χ3n) is 3.49. The quantitative estimate of drug-likeness (QED) is 0.217. The van der Waals surface area contributed by atoms with Crippen molar-refractivity contribution in [3.63, 3.8) is 0 Å². The van der Waals surface area contributed by atoms with Gasteiger partial charge in [-0.3, -0.25) is 4.99 Å². The minimum absolute atomic E-state index is 0. The summed E-state index contributed by atoms with van der Waals surface area (Å²) in [5, 5.41) is 7.64.